The lowest BCUT2D eigenvalue weighted by atomic mass is 10.4. The van der Waals surface area contributed by atoms with Crippen LogP contribution in [0, 0.1) is 0 Å². The topological polar surface area (TPSA) is 27.6 Å². The van der Waals surface area contributed by atoms with Gasteiger partial charge >= 0.3 is 0 Å². The van der Waals surface area contributed by atoms with Crippen LogP contribution in [0.25, 0.3) is 0 Å². The summed E-state index contributed by atoms with van der Waals surface area (Å²) < 4.78 is 0. The van der Waals surface area contributed by atoms with Gasteiger partial charge in [0.15, 0.2) is 0 Å². The molecule has 10 heavy (non-hydrogen) atoms. The molecule has 1 N–H and O–H groups in total. The third-order valence-electron chi connectivity index (χ3n) is 1.29. The summed E-state index contributed by atoms with van der Waals surface area (Å²) in [7, 11) is 3.73. The van der Waals surface area contributed by atoms with Crippen LogP contribution in [0.3, 0.4) is 0 Å². The van der Waals surface area contributed by atoms with Gasteiger partial charge in [-0.1, -0.05) is 0 Å². The number of nitrogens with zero attached hydrogens (tertiary/aromatic N) is 2. The summed E-state index contributed by atoms with van der Waals surface area (Å²) in [4.78, 5) is 5.89. The predicted octanol–water partition coefficient (Wildman–Crippen LogP) is 0.535. The summed E-state index contributed by atoms with van der Waals surface area (Å²) in [6, 6.07) is 0. The molecule has 1 heterocycles. The van der Waals surface area contributed by atoms with Gasteiger partial charge < -0.3 is 10.2 Å². The molecule has 0 aromatic rings. The first-order chi connectivity index (χ1) is 4.84. The Morgan fingerprint density at radius 1 is 1.70 bits per heavy atom. The van der Waals surface area contributed by atoms with Crippen molar-refractivity contribution in [1.29, 1.82) is 0 Å². The van der Waals surface area contributed by atoms with Crippen LogP contribution in [0.2, 0.25) is 0 Å². The van der Waals surface area contributed by atoms with Crippen LogP contribution in [-0.2, 0) is 0 Å². The summed E-state index contributed by atoms with van der Waals surface area (Å²) in [5.41, 5.74) is 1.06. The highest BCUT2D eigenvalue weighted by Crippen LogP contribution is 2.00. The Kier molecular flexibility index (Phi) is 2.10. The van der Waals surface area contributed by atoms with Crippen molar-refractivity contribution in [3.63, 3.8) is 0 Å². The lowest BCUT2D eigenvalue weighted by Gasteiger charge is -2.17. The Labute approximate surface area is 60.7 Å². The molecule has 3 nitrogen and oxygen atoms in total. The first kappa shape index (κ1) is 6.86. The van der Waals surface area contributed by atoms with Crippen molar-refractivity contribution in [3.05, 3.63) is 24.3 Å². The summed E-state index contributed by atoms with van der Waals surface area (Å²) >= 11 is 0. The molecule has 3 heteroatoms. The maximum atomic E-state index is 3.90. The van der Waals surface area contributed by atoms with E-state index in [0.717, 1.165) is 5.70 Å². The molecule has 0 aromatic heterocycles. The monoisotopic (exact) mass is 137 g/mol. The Balaban J connectivity index is 2.66. The van der Waals surface area contributed by atoms with E-state index >= 15 is 0 Å². The van der Waals surface area contributed by atoms with Crippen molar-refractivity contribution in [2.24, 2.45) is 4.99 Å². The third-order valence-corrected chi connectivity index (χ3v) is 1.29. The molecule has 0 aliphatic carbocycles. The minimum atomic E-state index is 1.06. The van der Waals surface area contributed by atoms with Gasteiger partial charge in [-0.2, -0.15) is 0 Å². The van der Waals surface area contributed by atoms with Crippen molar-refractivity contribution >= 4 is 6.21 Å². The van der Waals surface area contributed by atoms with Gasteiger partial charge in [0, 0.05) is 38.9 Å². The van der Waals surface area contributed by atoms with Crippen molar-refractivity contribution in [2.45, 2.75) is 0 Å². The van der Waals surface area contributed by atoms with Crippen molar-refractivity contribution < 1.29 is 0 Å². The van der Waals surface area contributed by atoms with Gasteiger partial charge in [0.05, 0.1) is 5.70 Å². The van der Waals surface area contributed by atoms with E-state index < -0.39 is 0 Å². The molecule has 0 fully saturated rings. The Hall–Kier alpha value is -1.25. The first-order valence-electron chi connectivity index (χ1n) is 3.12. The molecule has 0 atom stereocenters. The molecule has 1 aliphatic heterocycles. The van der Waals surface area contributed by atoms with E-state index in [0.29, 0.717) is 0 Å². The van der Waals surface area contributed by atoms with Gasteiger partial charge in [-0.05, 0) is 0 Å². The number of hydrogen-bond acceptors (Lipinski definition) is 3. The second-order valence-corrected chi connectivity index (χ2v) is 2.05. The molecule has 0 bridgehead atoms. The maximum Gasteiger partial charge on any atom is 0.0748 e. The SMILES string of the molecule is CN=CC1=CNC=CN1C. The van der Waals surface area contributed by atoms with Crippen LogP contribution in [0.1, 0.15) is 0 Å². The maximum absolute atomic E-state index is 3.90. The number of rotatable bonds is 1. The Bertz CT molecular complexity index is 191. The lowest BCUT2D eigenvalue weighted by molar-refractivity contribution is 0.581. The van der Waals surface area contributed by atoms with E-state index in [9.17, 15) is 0 Å². The van der Waals surface area contributed by atoms with E-state index in [-0.39, 0.29) is 0 Å². The van der Waals surface area contributed by atoms with E-state index in [2.05, 4.69) is 10.3 Å². The molecule has 1 rings (SSSR count). The smallest absolute Gasteiger partial charge is 0.0748 e. The van der Waals surface area contributed by atoms with Gasteiger partial charge in [0.25, 0.3) is 0 Å². The molecule has 0 saturated carbocycles. The second-order valence-electron chi connectivity index (χ2n) is 2.05. The van der Waals surface area contributed by atoms with Gasteiger partial charge in [0.1, 0.15) is 0 Å². The van der Waals surface area contributed by atoms with Crippen molar-refractivity contribution in [2.75, 3.05) is 14.1 Å². The van der Waals surface area contributed by atoms with Gasteiger partial charge in [-0.15, -0.1) is 0 Å². The molecule has 54 valence electrons. The average Bonchev–Trinajstić information content (AvgIpc) is 1.94. The molecule has 1 aliphatic rings. The van der Waals surface area contributed by atoms with E-state index in [1.165, 1.54) is 0 Å². The molecule has 0 aromatic carbocycles. The van der Waals surface area contributed by atoms with E-state index in [4.69, 9.17) is 0 Å². The van der Waals surface area contributed by atoms with Gasteiger partial charge in [-0.25, -0.2) is 0 Å². The Morgan fingerprint density at radius 2 is 2.50 bits per heavy atom. The first-order valence-corrected chi connectivity index (χ1v) is 3.12. The standard InChI is InChI=1S/C7H11N3/c1-8-5-7-6-9-3-4-10(7)2/h3-6,9H,1-2H3. The largest absolute Gasteiger partial charge is 0.365 e. The molecule has 0 radical (unpaired) electrons. The minimum Gasteiger partial charge on any atom is -0.365 e. The third kappa shape index (κ3) is 1.37. The average molecular weight is 137 g/mol. The van der Waals surface area contributed by atoms with Crippen LogP contribution >= 0.6 is 0 Å². The van der Waals surface area contributed by atoms with Crippen molar-refractivity contribution in [1.82, 2.24) is 10.2 Å². The molecule has 0 saturated heterocycles. The number of nitrogens with one attached hydrogen (secondary N) is 1. The zero-order valence-corrected chi connectivity index (χ0v) is 6.20. The van der Waals surface area contributed by atoms with Crippen LogP contribution < -0.4 is 5.32 Å². The molecule has 0 spiro atoms. The molecule has 0 amide bonds. The predicted molar refractivity (Wildman–Crippen MR) is 42.5 cm³/mol. The summed E-state index contributed by atoms with van der Waals surface area (Å²) in [6.45, 7) is 0. The fourth-order valence-corrected chi connectivity index (χ4v) is 0.737. The zero-order valence-electron chi connectivity index (χ0n) is 6.20. The Morgan fingerprint density at radius 3 is 3.10 bits per heavy atom. The fraction of sp³-hybridized carbons (Fsp3) is 0.286. The highest BCUT2D eigenvalue weighted by atomic mass is 15.1. The quantitative estimate of drug-likeness (QED) is 0.534. The summed E-state index contributed by atoms with van der Waals surface area (Å²) in [5.74, 6) is 0. The van der Waals surface area contributed by atoms with E-state index in [1.807, 2.05) is 30.5 Å². The van der Waals surface area contributed by atoms with Crippen LogP contribution in [0.4, 0.5) is 0 Å². The fourth-order valence-electron chi connectivity index (χ4n) is 0.737. The lowest BCUT2D eigenvalue weighted by Crippen LogP contribution is -2.18. The highest BCUT2D eigenvalue weighted by Gasteiger charge is 1.99. The molecule has 0 unspecified atom stereocenters. The van der Waals surface area contributed by atoms with Gasteiger partial charge in [-0.3, -0.25) is 4.99 Å². The number of allylic oxidation sites excluding steroid dienone is 1. The van der Waals surface area contributed by atoms with Crippen LogP contribution in [-0.4, -0.2) is 25.2 Å². The highest BCUT2D eigenvalue weighted by molar-refractivity contribution is 5.77. The zero-order chi connectivity index (χ0) is 7.40. The van der Waals surface area contributed by atoms with Crippen LogP contribution in [0.15, 0.2) is 29.3 Å². The summed E-state index contributed by atoms with van der Waals surface area (Å²) in [6.07, 6.45) is 7.51. The summed E-state index contributed by atoms with van der Waals surface area (Å²) in [5, 5.41) is 2.97. The van der Waals surface area contributed by atoms with Gasteiger partial charge in [0.2, 0.25) is 0 Å². The second kappa shape index (κ2) is 3.06. The van der Waals surface area contributed by atoms with E-state index in [1.54, 1.807) is 13.3 Å². The normalized spacial score (nSPS) is 17.4. The number of aliphatic imine (C=N–C) groups is 1. The minimum absolute atomic E-state index is 1.06. The molecular weight excluding hydrogens is 126 g/mol. The van der Waals surface area contributed by atoms with Crippen LogP contribution in [0.5, 0.6) is 0 Å². The van der Waals surface area contributed by atoms with Crippen molar-refractivity contribution in [3.8, 4) is 0 Å². The number of hydrogen-bond donors (Lipinski definition) is 1. The molecular formula is C7H11N3.